The first-order valence-corrected chi connectivity index (χ1v) is 6.36. The predicted octanol–water partition coefficient (Wildman–Crippen LogP) is 1.95. The van der Waals surface area contributed by atoms with Crippen LogP contribution in [0.3, 0.4) is 0 Å². The van der Waals surface area contributed by atoms with Crippen LogP contribution in [0.15, 0.2) is 0 Å². The van der Waals surface area contributed by atoms with Crippen molar-refractivity contribution in [3.63, 3.8) is 0 Å². The van der Waals surface area contributed by atoms with Crippen molar-refractivity contribution in [2.75, 3.05) is 13.1 Å². The van der Waals surface area contributed by atoms with Crippen molar-refractivity contribution >= 4 is 23.1 Å². The van der Waals surface area contributed by atoms with Gasteiger partial charge in [0.05, 0.1) is 10.9 Å². The summed E-state index contributed by atoms with van der Waals surface area (Å²) in [5.41, 5.74) is 5.88. The zero-order valence-electron chi connectivity index (χ0n) is 10.5. The van der Waals surface area contributed by atoms with E-state index in [0.29, 0.717) is 4.99 Å². The van der Waals surface area contributed by atoms with Gasteiger partial charge in [-0.05, 0) is 18.3 Å². The molecule has 4 heteroatoms. The van der Waals surface area contributed by atoms with Crippen LogP contribution < -0.4 is 5.73 Å². The molecule has 16 heavy (non-hydrogen) atoms. The Morgan fingerprint density at radius 1 is 1.56 bits per heavy atom. The highest BCUT2D eigenvalue weighted by Gasteiger charge is 2.35. The first kappa shape index (κ1) is 13.4. The van der Waals surface area contributed by atoms with Gasteiger partial charge in [0, 0.05) is 13.1 Å². The van der Waals surface area contributed by atoms with E-state index in [1.165, 1.54) is 0 Å². The van der Waals surface area contributed by atoms with Gasteiger partial charge in [0.25, 0.3) is 0 Å². The van der Waals surface area contributed by atoms with Gasteiger partial charge < -0.3 is 10.6 Å². The van der Waals surface area contributed by atoms with Crippen molar-refractivity contribution in [1.82, 2.24) is 4.90 Å². The highest BCUT2D eigenvalue weighted by molar-refractivity contribution is 7.80. The van der Waals surface area contributed by atoms with Gasteiger partial charge in [-0.2, -0.15) is 0 Å². The van der Waals surface area contributed by atoms with Gasteiger partial charge >= 0.3 is 0 Å². The Labute approximate surface area is 103 Å². The van der Waals surface area contributed by atoms with Gasteiger partial charge in [0.1, 0.15) is 0 Å². The number of thiocarbonyl (C=S) groups is 1. The molecule has 0 aliphatic carbocycles. The fourth-order valence-corrected chi connectivity index (χ4v) is 2.42. The van der Waals surface area contributed by atoms with Crippen LogP contribution in [-0.4, -0.2) is 28.9 Å². The van der Waals surface area contributed by atoms with Gasteiger partial charge in [0.15, 0.2) is 0 Å². The Kier molecular flexibility index (Phi) is 4.30. The van der Waals surface area contributed by atoms with E-state index in [0.717, 1.165) is 32.4 Å². The molecule has 1 rings (SSSR count). The maximum absolute atomic E-state index is 12.2. The molecule has 1 aliphatic heterocycles. The van der Waals surface area contributed by atoms with Crippen molar-refractivity contribution < 1.29 is 4.79 Å². The molecular formula is C12H22N2OS. The van der Waals surface area contributed by atoms with Crippen LogP contribution >= 0.6 is 12.2 Å². The molecule has 0 aromatic carbocycles. The van der Waals surface area contributed by atoms with E-state index in [9.17, 15) is 4.79 Å². The zero-order valence-corrected chi connectivity index (χ0v) is 11.3. The fraction of sp³-hybridized carbons (Fsp3) is 0.833. The summed E-state index contributed by atoms with van der Waals surface area (Å²) in [6.07, 6.45) is 2.77. The second-order valence-electron chi connectivity index (χ2n) is 5.42. The van der Waals surface area contributed by atoms with Crippen LogP contribution in [0.4, 0.5) is 0 Å². The zero-order chi connectivity index (χ0) is 12.3. The van der Waals surface area contributed by atoms with Crippen LogP contribution in [0.1, 0.15) is 40.0 Å². The lowest BCUT2D eigenvalue weighted by Crippen LogP contribution is -2.40. The van der Waals surface area contributed by atoms with Crippen molar-refractivity contribution in [3.05, 3.63) is 0 Å². The van der Waals surface area contributed by atoms with Crippen molar-refractivity contribution in [2.24, 2.45) is 17.1 Å². The molecule has 1 amide bonds. The number of hydrogen-bond donors (Lipinski definition) is 1. The average Bonchev–Trinajstić information content (AvgIpc) is 2.53. The van der Waals surface area contributed by atoms with Crippen LogP contribution in [0.25, 0.3) is 0 Å². The van der Waals surface area contributed by atoms with E-state index in [1.54, 1.807) is 0 Å². The van der Waals surface area contributed by atoms with Crippen LogP contribution in [0, 0.1) is 11.3 Å². The molecule has 1 fully saturated rings. The largest absolute Gasteiger partial charge is 0.393 e. The maximum Gasteiger partial charge on any atom is 0.232 e. The average molecular weight is 242 g/mol. The summed E-state index contributed by atoms with van der Waals surface area (Å²) in [4.78, 5) is 14.5. The lowest BCUT2D eigenvalue weighted by atomic mass is 9.93. The molecule has 0 aromatic rings. The summed E-state index contributed by atoms with van der Waals surface area (Å²) in [5, 5.41) is 0. The smallest absolute Gasteiger partial charge is 0.232 e. The summed E-state index contributed by atoms with van der Waals surface area (Å²) in [6.45, 7) is 8.10. The lowest BCUT2D eigenvalue weighted by molar-refractivity contribution is -0.132. The first-order valence-electron chi connectivity index (χ1n) is 5.95. The second-order valence-corrected chi connectivity index (χ2v) is 5.89. The highest BCUT2D eigenvalue weighted by atomic mass is 32.1. The van der Waals surface area contributed by atoms with E-state index in [1.807, 2.05) is 11.8 Å². The van der Waals surface area contributed by atoms with Crippen LogP contribution in [0.2, 0.25) is 0 Å². The SMILES string of the molecule is CCCC(C(=O)N1CCC(C)(C)C1)C(N)=S. The molecule has 0 bridgehead atoms. The Morgan fingerprint density at radius 2 is 2.19 bits per heavy atom. The minimum absolute atomic E-state index is 0.125. The van der Waals surface area contributed by atoms with E-state index in [-0.39, 0.29) is 17.2 Å². The molecule has 1 heterocycles. The number of rotatable bonds is 4. The number of nitrogens with two attached hydrogens (primary N) is 1. The number of likely N-dealkylation sites (tertiary alicyclic amines) is 1. The Hall–Kier alpha value is -0.640. The molecule has 0 radical (unpaired) electrons. The molecule has 1 saturated heterocycles. The van der Waals surface area contributed by atoms with Crippen LogP contribution in [0.5, 0.6) is 0 Å². The predicted molar refractivity (Wildman–Crippen MR) is 70.2 cm³/mol. The Bertz CT molecular complexity index is 289. The number of amides is 1. The summed E-state index contributed by atoms with van der Waals surface area (Å²) in [5.74, 6) is -0.131. The quantitative estimate of drug-likeness (QED) is 0.766. The minimum atomic E-state index is -0.256. The standard InChI is InChI=1S/C12H22N2OS/c1-4-5-9(10(13)16)11(15)14-7-6-12(2,3)8-14/h9H,4-8H2,1-3H3,(H2,13,16). The monoisotopic (exact) mass is 242 g/mol. The minimum Gasteiger partial charge on any atom is -0.393 e. The van der Waals surface area contributed by atoms with Gasteiger partial charge in [0.2, 0.25) is 5.91 Å². The fourth-order valence-electron chi connectivity index (χ4n) is 2.20. The highest BCUT2D eigenvalue weighted by Crippen LogP contribution is 2.30. The van der Waals surface area contributed by atoms with E-state index >= 15 is 0 Å². The number of carbonyl (C=O) groups excluding carboxylic acids is 1. The van der Waals surface area contributed by atoms with E-state index in [4.69, 9.17) is 18.0 Å². The third-order valence-corrected chi connectivity index (χ3v) is 3.49. The third kappa shape index (κ3) is 3.17. The second kappa shape index (κ2) is 5.13. The number of nitrogens with zero attached hydrogens (tertiary/aromatic N) is 1. The van der Waals surface area contributed by atoms with Crippen molar-refractivity contribution in [3.8, 4) is 0 Å². The topological polar surface area (TPSA) is 46.3 Å². The van der Waals surface area contributed by atoms with Gasteiger partial charge in [-0.3, -0.25) is 4.79 Å². The molecule has 92 valence electrons. The molecule has 2 N–H and O–H groups in total. The molecule has 0 saturated carbocycles. The van der Waals surface area contributed by atoms with Crippen molar-refractivity contribution in [2.45, 2.75) is 40.0 Å². The lowest BCUT2D eigenvalue weighted by Gasteiger charge is -2.24. The Balaban J connectivity index is 2.65. The molecule has 1 atom stereocenters. The van der Waals surface area contributed by atoms with Gasteiger partial charge in [-0.15, -0.1) is 0 Å². The van der Waals surface area contributed by atoms with Crippen LogP contribution in [-0.2, 0) is 4.79 Å². The maximum atomic E-state index is 12.2. The normalized spacial score (nSPS) is 20.8. The molecule has 1 aliphatic rings. The van der Waals surface area contributed by atoms with E-state index in [2.05, 4.69) is 13.8 Å². The molecule has 1 unspecified atom stereocenters. The van der Waals surface area contributed by atoms with E-state index < -0.39 is 0 Å². The van der Waals surface area contributed by atoms with Gasteiger partial charge in [-0.25, -0.2) is 0 Å². The summed E-state index contributed by atoms with van der Waals surface area (Å²) in [6, 6.07) is 0. The molecular weight excluding hydrogens is 220 g/mol. The number of carbonyl (C=O) groups is 1. The summed E-state index contributed by atoms with van der Waals surface area (Å²) < 4.78 is 0. The molecule has 3 nitrogen and oxygen atoms in total. The molecule has 0 aromatic heterocycles. The first-order chi connectivity index (χ1) is 7.37. The third-order valence-electron chi connectivity index (χ3n) is 3.21. The molecule has 0 spiro atoms. The number of hydrogen-bond acceptors (Lipinski definition) is 2. The summed E-state index contributed by atoms with van der Waals surface area (Å²) >= 11 is 4.98. The van der Waals surface area contributed by atoms with Crippen molar-refractivity contribution in [1.29, 1.82) is 0 Å². The Morgan fingerprint density at radius 3 is 2.56 bits per heavy atom. The van der Waals surface area contributed by atoms with Gasteiger partial charge in [-0.1, -0.05) is 39.4 Å². The summed E-state index contributed by atoms with van der Waals surface area (Å²) in [7, 11) is 0.